The van der Waals surface area contributed by atoms with Crippen molar-refractivity contribution in [3.05, 3.63) is 35.9 Å². The SMILES string of the molecule is CC(O)CO.O.O=C(O)CC(O)(CC(=O)O)C(=O)O.O=C(O)c1ccccc1.O=C([O-])CC(O)(CC(=O)[O-])C(=O)O.OCC(O)CO.[Na+].[Na+]. The first kappa shape index (κ1) is 61.4. The molecule has 0 fully saturated rings. The molecule has 14 N–H and O–H groups in total. The van der Waals surface area contributed by atoms with Gasteiger partial charge in [0.25, 0.3) is 0 Å². The van der Waals surface area contributed by atoms with Gasteiger partial charge in [0, 0.05) is 24.8 Å². The van der Waals surface area contributed by atoms with Crippen molar-refractivity contribution in [1.82, 2.24) is 0 Å². The van der Waals surface area contributed by atoms with Crippen LogP contribution in [0.25, 0.3) is 0 Å². The normalized spacial score (nSPS) is 10.1. The number of aromatic carboxylic acids is 1. The van der Waals surface area contributed by atoms with Gasteiger partial charge in [-0.15, -0.1) is 0 Å². The van der Waals surface area contributed by atoms with Crippen molar-refractivity contribution in [2.24, 2.45) is 0 Å². The first-order valence-corrected chi connectivity index (χ1v) is 12.2. The standard InChI is InChI=1S/C7H6O2.2C6H8O7.C3H8O3.C3H8O2.2Na.H2O/c8-7(9)6-4-2-1-3-5-6;2*7-3(8)1-6(13,5(11)12)2-4(9)10;4-1-3(6)2-5;1-3(5)2-4;;;/h1-5H,(H,8,9);2*13H,1-2H2,(H,7,8)(H,9,10)(H,11,12);3-6H,1-2H2;3-5H,2H2,1H3;;;1H2/q;;;;;2*+1;/p-2. The van der Waals surface area contributed by atoms with Crippen LogP contribution < -0.4 is 69.3 Å². The first-order chi connectivity index (χ1) is 20.9. The number of hydrogen-bond donors (Lipinski definition) is 12. The molecule has 0 saturated heterocycles. The Morgan fingerprint density at radius 3 is 1.06 bits per heavy atom. The number of carboxylic acid groups (broad SMARTS) is 7. The van der Waals surface area contributed by atoms with Crippen LogP contribution in [0.4, 0.5) is 0 Å². The summed E-state index contributed by atoms with van der Waals surface area (Å²) in [5.74, 6) is -11.6. The fourth-order valence-electron chi connectivity index (χ4n) is 2.04. The van der Waals surface area contributed by atoms with Gasteiger partial charge in [-0.25, -0.2) is 14.4 Å². The van der Waals surface area contributed by atoms with Crippen LogP contribution in [0.15, 0.2) is 30.3 Å². The van der Waals surface area contributed by atoms with E-state index in [1.807, 2.05) is 0 Å². The van der Waals surface area contributed by atoms with E-state index < -0.39 is 90.9 Å². The molecule has 0 aliphatic carbocycles. The van der Waals surface area contributed by atoms with Gasteiger partial charge in [-0.1, -0.05) is 18.2 Å². The van der Waals surface area contributed by atoms with E-state index >= 15 is 0 Å². The quantitative estimate of drug-likeness (QED) is 0.0789. The molecule has 0 spiro atoms. The zero-order valence-corrected chi connectivity index (χ0v) is 30.5. The Balaban J connectivity index is -0.0000000923. The summed E-state index contributed by atoms with van der Waals surface area (Å²) in [4.78, 5) is 70.9. The van der Waals surface area contributed by atoms with Crippen molar-refractivity contribution in [2.75, 3.05) is 19.8 Å². The Morgan fingerprint density at radius 1 is 0.633 bits per heavy atom. The third-order valence-corrected chi connectivity index (χ3v) is 4.26. The molecule has 1 aromatic carbocycles. The minimum atomic E-state index is -2.86. The summed E-state index contributed by atoms with van der Waals surface area (Å²) in [7, 11) is 0. The van der Waals surface area contributed by atoms with E-state index in [2.05, 4.69) is 0 Å². The van der Waals surface area contributed by atoms with Gasteiger partial charge < -0.3 is 86.6 Å². The number of rotatable bonds is 14. The van der Waals surface area contributed by atoms with Crippen LogP contribution in [0.1, 0.15) is 43.0 Å². The second-order valence-electron chi connectivity index (χ2n) is 8.63. The Bertz CT molecular complexity index is 1010. The zero-order valence-electron chi connectivity index (χ0n) is 26.5. The molecule has 1 atom stereocenters. The van der Waals surface area contributed by atoms with Crippen LogP contribution in [-0.2, 0) is 28.8 Å². The number of aliphatic hydroxyl groups excluding tert-OH is 5. The number of aliphatic hydroxyl groups is 7. The Hall–Kier alpha value is -2.81. The summed E-state index contributed by atoms with van der Waals surface area (Å²) in [5.41, 5.74) is -5.27. The van der Waals surface area contributed by atoms with E-state index in [0.29, 0.717) is 5.56 Å². The van der Waals surface area contributed by atoms with Crippen molar-refractivity contribution in [3.8, 4) is 0 Å². The van der Waals surface area contributed by atoms with Gasteiger partial charge >= 0.3 is 89.0 Å². The van der Waals surface area contributed by atoms with Crippen molar-refractivity contribution in [2.45, 2.75) is 56.0 Å². The third-order valence-electron chi connectivity index (χ3n) is 4.26. The fourth-order valence-corrected chi connectivity index (χ4v) is 2.04. The molecule has 1 rings (SSSR count). The predicted octanol–water partition coefficient (Wildman–Crippen LogP) is -12.9. The molecular weight excluding hydrogens is 698 g/mol. The molecule has 1 unspecified atom stereocenters. The van der Waals surface area contributed by atoms with Crippen LogP contribution >= 0.6 is 0 Å². The number of aliphatic carboxylic acids is 6. The number of carboxylic acids is 7. The average Bonchev–Trinajstić information content (AvgIpc) is 2.92. The Labute approximate surface area is 321 Å². The molecule has 0 radical (unpaired) electrons. The van der Waals surface area contributed by atoms with Gasteiger partial charge in [0.1, 0.15) is 6.10 Å². The molecule has 0 aliphatic rings. The maximum atomic E-state index is 10.3. The number of hydrogen-bond acceptors (Lipinski definition) is 16. The molecule has 0 saturated carbocycles. The van der Waals surface area contributed by atoms with Crippen molar-refractivity contribution in [3.63, 3.8) is 0 Å². The van der Waals surface area contributed by atoms with Crippen LogP contribution in [0.2, 0.25) is 0 Å². The summed E-state index contributed by atoms with van der Waals surface area (Å²) in [6.07, 6.45) is -6.39. The van der Waals surface area contributed by atoms with E-state index in [1.165, 1.54) is 6.92 Å². The number of benzene rings is 1. The molecule has 0 bridgehead atoms. The number of carbonyl (C=O) groups is 7. The van der Waals surface area contributed by atoms with Crippen LogP contribution in [0.5, 0.6) is 0 Å². The molecule has 22 nitrogen and oxygen atoms in total. The van der Waals surface area contributed by atoms with E-state index in [9.17, 15) is 43.8 Å². The summed E-state index contributed by atoms with van der Waals surface area (Å²) >= 11 is 0. The third kappa shape index (κ3) is 37.9. The Kier molecular flexibility index (Phi) is 42.2. The topological polar surface area (TPSA) is 440 Å². The molecule has 272 valence electrons. The Morgan fingerprint density at radius 2 is 0.918 bits per heavy atom. The van der Waals surface area contributed by atoms with E-state index in [0.717, 1.165) is 0 Å². The molecule has 0 aromatic heterocycles. The maximum absolute atomic E-state index is 10.3. The van der Waals surface area contributed by atoms with Gasteiger partial charge in [0.05, 0.1) is 44.3 Å². The average molecular weight is 737 g/mol. The minimum Gasteiger partial charge on any atom is -0.550 e. The smallest absolute Gasteiger partial charge is 0.550 e. The van der Waals surface area contributed by atoms with Gasteiger partial charge in [-0.2, -0.15) is 0 Å². The van der Waals surface area contributed by atoms with Crippen LogP contribution in [-0.4, -0.2) is 152 Å². The van der Waals surface area contributed by atoms with E-state index in [-0.39, 0.29) is 84.4 Å². The molecular formula is C25H38Na2O22. The van der Waals surface area contributed by atoms with Gasteiger partial charge in [-0.3, -0.25) is 9.59 Å². The summed E-state index contributed by atoms with van der Waals surface area (Å²) < 4.78 is 0. The minimum absolute atomic E-state index is 0. The van der Waals surface area contributed by atoms with Crippen molar-refractivity contribution in [1.29, 1.82) is 0 Å². The summed E-state index contributed by atoms with van der Waals surface area (Å²) in [6, 6.07) is 8.30. The molecule has 49 heavy (non-hydrogen) atoms. The second-order valence-corrected chi connectivity index (χ2v) is 8.63. The summed E-state index contributed by atoms with van der Waals surface area (Å²) in [6.45, 7) is 0.660. The fraction of sp³-hybridized carbons (Fsp3) is 0.480. The van der Waals surface area contributed by atoms with E-state index in [4.69, 9.17) is 61.3 Å². The molecule has 24 heteroatoms. The monoisotopic (exact) mass is 736 g/mol. The molecule has 0 amide bonds. The van der Waals surface area contributed by atoms with Crippen molar-refractivity contribution < 1.29 is 170 Å². The largest absolute Gasteiger partial charge is 1.00 e. The number of carbonyl (C=O) groups excluding carboxylic acids is 2. The first-order valence-electron chi connectivity index (χ1n) is 12.2. The van der Waals surface area contributed by atoms with Crippen molar-refractivity contribution >= 4 is 41.8 Å². The molecule has 1 aromatic rings. The van der Waals surface area contributed by atoms with Gasteiger partial charge in [0.15, 0.2) is 11.2 Å². The van der Waals surface area contributed by atoms with Crippen LogP contribution in [0.3, 0.4) is 0 Å². The summed E-state index contributed by atoms with van der Waals surface area (Å²) in [5, 5.41) is 119. The maximum Gasteiger partial charge on any atom is 1.00 e. The second kappa shape index (κ2) is 33.7. The van der Waals surface area contributed by atoms with Crippen LogP contribution in [0, 0.1) is 0 Å². The van der Waals surface area contributed by atoms with E-state index in [1.54, 1.807) is 30.3 Å². The zero-order chi connectivity index (χ0) is 37.3. The molecule has 0 heterocycles. The van der Waals surface area contributed by atoms with Gasteiger partial charge in [0.2, 0.25) is 0 Å². The molecule has 0 aliphatic heterocycles. The van der Waals surface area contributed by atoms with Gasteiger partial charge in [-0.05, 0) is 19.1 Å². The predicted molar refractivity (Wildman–Crippen MR) is 145 cm³/mol.